The summed E-state index contributed by atoms with van der Waals surface area (Å²) < 4.78 is 48.5. The highest BCUT2D eigenvalue weighted by Crippen LogP contribution is 2.29. The van der Waals surface area contributed by atoms with E-state index in [-0.39, 0.29) is 18.0 Å². The first-order chi connectivity index (χ1) is 10.4. The molecular weight excluding hydrogens is 312 g/mol. The van der Waals surface area contributed by atoms with Gasteiger partial charge in [-0.1, -0.05) is 37.8 Å². The number of amides is 1. The molecule has 1 aliphatic carbocycles. The molecule has 2 rings (SSSR count). The van der Waals surface area contributed by atoms with Crippen LogP contribution in [0.25, 0.3) is 0 Å². The van der Waals surface area contributed by atoms with E-state index in [1.807, 2.05) is 0 Å². The molecule has 1 aliphatic rings. The smallest absolute Gasteiger partial charge is 0.325 e. The number of halogens is 2. The lowest BCUT2D eigenvalue weighted by molar-refractivity contribution is -0.116. The highest BCUT2D eigenvalue weighted by Gasteiger charge is 2.29. The van der Waals surface area contributed by atoms with Crippen molar-refractivity contribution < 1.29 is 22.0 Å². The Hall–Kier alpha value is -1.50. The Bertz CT molecular complexity index is 625. The molecule has 0 saturated heterocycles. The largest absolute Gasteiger partial charge is 0.341 e. The molecule has 4 nitrogen and oxygen atoms in total. The first kappa shape index (κ1) is 16.9. The molecule has 0 unspecified atom stereocenters. The van der Waals surface area contributed by atoms with Gasteiger partial charge in [0.2, 0.25) is 15.7 Å². The maximum Gasteiger partial charge on any atom is 0.341 e. The topological polar surface area (TPSA) is 63.2 Å². The van der Waals surface area contributed by atoms with Crippen molar-refractivity contribution in [1.82, 2.24) is 0 Å². The van der Waals surface area contributed by atoms with Crippen molar-refractivity contribution >= 4 is 21.4 Å². The number of rotatable bonds is 6. The zero-order chi connectivity index (χ0) is 16.2. The van der Waals surface area contributed by atoms with Crippen LogP contribution in [0.15, 0.2) is 29.2 Å². The van der Waals surface area contributed by atoms with Gasteiger partial charge in [0.05, 0.1) is 10.6 Å². The quantitative estimate of drug-likeness (QED) is 0.866. The fraction of sp³-hybridized carbons (Fsp3) is 0.533. The van der Waals surface area contributed by atoms with E-state index < -0.39 is 20.5 Å². The van der Waals surface area contributed by atoms with Gasteiger partial charge in [0.15, 0.2) is 0 Å². The molecule has 0 spiro atoms. The standard InChI is InChI=1S/C15H19F2NO3S/c16-15(17)22(20,21)13-8-4-3-7-12(13)18-14(19)10-9-11-5-1-2-6-11/h3-4,7-8,11,15H,1-2,5-6,9-10H2,(H,18,19). The van der Waals surface area contributed by atoms with Gasteiger partial charge in [0, 0.05) is 6.42 Å². The number of carbonyl (C=O) groups excluding carboxylic acids is 1. The third kappa shape index (κ3) is 4.03. The maximum atomic E-state index is 12.7. The maximum absolute atomic E-state index is 12.7. The van der Waals surface area contributed by atoms with Crippen molar-refractivity contribution in [1.29, 1.82) is 0 Å². The highest BCUT2D eigenvalue weighted by atomic mass is 32.2. The summed E-state index contributed by atoms with van der Waals surface area (Å²) in [5, 5.41) is 2.44. The van der Waals surface area contributed by atoms with Gasteiger partial charge in [-0.05, 0) is 24.5 Å². The fourth-order valence-electron chi connectivity index (χ4n) is 2.76. The molecule has 22 heavy (non-hydrogen) atoms. The predicted octanol–water partition coefficient (Wildman–Crippen LogP) is 3.59. The normalized spacial score (nSPS) is 16.1. The number of carbonyl (C=O) groups is 1. The molecule has 1 amide bonds. The van der Waals surface area contributed by atoms with Crippen molar-refractivity contribution in [2.24, 2.45) is 5.92 Å². The van der Waals surface area contributed by atoms with Crippen molar-refractivity contribution in [2.75, 3.05) is 5.32 Å². The monoisotopic (exact) mass is 331 g/mol. The van der Waals surface area contributed by atoms with E-state index in [1.54, 1.807) is 0 Å². The van der Waals surface area contributed by atoms with Crippen molar-refractivity contribution in [3.63, 3.8) is 0 Å². The van der Waals surface area contributed by atoms with Gasteiger partial charge in [-0.2, -0.15) is 8.78 Å². The predicted molar refractivity (Wildman–Crippen MR) is 79.5 cm³/mol. The molecular formula is C15H19F2NO3S. The zero-order valence-electron chi connectivity index (χ0n) is 12.1. The number of hydrogen-bond donors (Lipinski definition) is 1. The van der Waals surface area contributed by atoms with E-state index in [2.05, 4.69) is 5.32 Å². The van der Waals surface area contributed by atoms with E-state index in [9.17, 15) is 22.0 Å². The molecule has 7 heteroatoms. The number of benzene rings is 1. The van der Waals surface area contributed by atoms with Crippen LogP contribution in [-0.2, 0) is 14.6 Å². The average molecular weight is 331 g/mol. The lowest BCUT2D eigenvalue weighted by Crippen LogP contribution is -2.18. The minimum atomic E-state index is -4.73. The molecule has 0 aromatic heterocycles. The minimum absolute atomic E-state index is 0.0841. The Labute approximate surface area is 128 Å². The lowest BCUT2D eigenvalue weighted by atomic mass is 10.0. The number of anilines is 1. The lowest BCUT2D eigenvalue weighted by Gasteiger charge is -2.12. The Kier molecular flexibility index (Phi) is 5.50. The molecule has 1 N–H and O–H groups in total. The summed E-state index contributed by atoms with van der Waals surface area (Å²) in [6.07, 6.45) is 5.61. The summed E-state index contributed by atoms with van der Waals surface area (Å²) in [4.78, 5) is 11.4. The van der Waals surface area contributed by atoms with Gasteiger partial charge in [0.1, 0.15) is 0 Å². The SMILES string of the molecule is O=C(CCC1CCCC1)Nc1ccccc1S(=O)(=O)C(F)F. The van der Waals surface area contributed by atoms with E-state index in [4.69, 9.17) is 0 Å². The van der Waals surface area contributed by atoms with Gasteiger partial charge >= 0.3 is 5.76 Å². The third-order valence-electron chi connectivity index (χ3n) is 3.96. The Balaban J connectivity index is 2.04. The van der Waals surface area contributed by atoms with Crippen LogP contribution in [0.4, 0.5) is 14.5 Å². The summed E-state index contributed by atoms with van der Waals surface area (Å²) in [6.45, 7) is 0. The van der Waals surface area contributed by atoms with Crippen molar-refractivity contribution in [3.8, 4) is 0 Å². The number of nitrogens with one attached hydrogen (secondary N) is 1. The van der Waals surface area contributed by atoms with Crippen LogP contribution < -0.4 is 5.32 Å². The summed E-state index contributed by atoms with van der Waals surface area (Å²) in [5.74, 6) is -3.32. The second kappa shape index (κ2) is 7.17. The molecule has 0 atom stereocenters. The molecule has 0 bridgehead atoms. The van der Waals surface area contributed by atoms with E-state index in [1.165, 1.54) is 31.0 Å². The first-order valence-electron chi connectivity index (χ1n) is 7.32. The van der Waals surface area contributed by atoms with Crippen LogP contribution in [0.2, 0.25) is 0 Å². The van der Waals surface area contributed by atoms with Crippen LogP contribution in [-0.4, -0.2) is 20.1 Å². The Morgan fingerprint density at radius 1 is 1.23 bits per heavy atom. The summed E-state index contributed by atoms with van der Waals surface area (Å²) in [5.41, 5.74) is -0.0841. The second-order valence-electron chi connectivity index (χ2n) is 5.54. The molecule has 1 aromatic carbocycles. The van der Waals surface area contributed by atoms with E-state index >= 15 is 0 Å². The van der Waals surface area contributed by atoms with E-state index in [0.29, 0.717) is 5.92 Å². The molecule has 0 aliphatic heterocycles. The third-order valence-corrected chi connectivity index (χ3v) is 5.39. The van der Waals surface area contributed by atoms with Gasteiger partial charge < -0.3 is 5.32 Å². The Morgan fingerprint density at radius 2 is 1.86 bits per heavy atom. The van der Waals surface area contributed by atoms with E-state index in [0.717, 1.165) is 25.3 Å². The summed E-state index contributed by atoms with van der Waals surface area (Å²) >= 11 is 0. The number of para-hydroxylation sites is 1. The fourth-order valence-corrected chi connectivity index (χ4v) is 3.65. The zero-order valence-corrected chi connectivity index (χ0v) is 12.9. The number of hydrogen-bond acceptors (Lipinski definition) is 3. The molecule has 122 valence electrons. The van der Waals surface area contributed by atoms with Crippen LogP contribution in [0.1, 0.15) is 38.5 Å². The van der Waals surface area contributed by atoms with Crippen LogP contribution in [0, 0.1) is 5.92 Å². The molecule has 0 heterocycles. The number of sulfone groups is 1. The Morgan fingerprint density at radius 3 is 2.50 bits per heavy atom. The molecule has 1 saturated carbocycles. The van der Waals surface area contributed by atoms with Crippen LogP contribution in [0.3, 0.4) is 0 Å². The molecule has 0 radical (unpaired) electrons. The van der Waals surface area contributed by atoms with Crippen molar-refractivity contribution in [3.05, 3.63) is 24.3 Å². The van der Waals surface area contributed by atoms with Crippen LogP contribution in [0.5, 0.6) is 0 Å². The average Bonchev–Trinajstić information content (AvgIpc) is 2.98. The van der Waals surface area contributed by atoms with Gasteiger partial charge in [-0.15, -0.1) is 0 Å². The molecule has 1 fully saturated rings. The van der Waals surface area contributed by atoms with Gasteiger partial charge in [-0.3, -0.25) is 4.79 Å². The number of alkyl halides is 2. The van der Waals surface area contributed by atoms with Crippen LogP contribution >= 0.6 is 0 Å². The van der Waals surface area contributed by atoms with Gasteiger partial charge in [0.25, 0.3) is 0 Å². The highest BCUT2D eigenvalue weighted by molar-refractivity contribution is 7.91. The first-order valence-corrected chi connectivity index (χ1v) is 8.87. The van der Waals surface area contributed by atoms with Gasteiger partial charge in [-0.25, -0.2) is 8.42 Å². The summed E-state index contributed by atoms with van der Waals surface area (Å²) in [7, 11) is -4.73. The minimum Gasteiger partial charge on any atom is -0.325 e. The second-order valence-corrected chi connectivity index (χ2v) is 7.43. The summed E-state index contributed by atoms with van der Waals surface area (Å²) in [6, 6.07) is 5.25. The molecule has 1 aromatic rings. The van der Waals surface area contributed by atoms with Crippen molar-refractivity contribution in [2.45, 2.75) is 49.2 Å².